The Kier molecular flexibility index (Phi) is 4.75. The van der Waals surface area contributed by atoms with Crippen LogP contribution in [0, 0.1) is 0 Å². The van der Waals surface area contributed by atoms with Crippen molar-refractivity contribution < 1.29 is 0 Å². The Morgan fingerprint density at radius 1 is 1.16 bits per heavy atom. The van der Waals surface area contributed by atoms with E-state index in [0.29, 0.717) is 11.1 Å². The molecule has 5 nitrogen and oxygen atoms in total. The van der Waals surface area contributed by atoms with E-state index in [1.807, 2.05) is 12.1 Å². The first-order valence-corrected chi connectivity index (χ1v) is 9.56. The van der Waals surface area contributed by atoms with E-state index < -0.39 is 0 Å². The van der Waals surface area contributed by atoms with Gasteiger partial charge in [0.15, 0.2) is 0 Å². The zero-order chi connectivity index (χ0) is 17.2. The number of pyridine rings is 1. The number of nitrogens with zero attached hydrogens (tertiary/aromatic N) is 3. The quantitative estimate of drug-likeness (QED) is 0.907. The maximum Gasteiger partial charge on any atom is 0.267 e. The second kappa shape index (κ2) is 7.16. The highest BCUT2D eigenvalue weighted by Crippen LogP contribution is 2.31. The molecule has 0 aromatic carbocycles. The van der Waals surface area contributed by atoms with Gasteiger partial charge in [-0.1, -0.05) is 11.6 Å². The maximum atomic E-state index is 12.5. The van der Waals surface area contributed by atoms with E-state index in [9.17, 15) is 4.79 Å². The summed E-state index contributed by atoms with van der Waals surface area (Å²) < 4.78 is 1.75. The number of nitrogens with one attached hydrogen (secondary N) is 1. The largest absolute Gasteiger partial charge is 0.381 e. The zero-order valence-corrected chi connectivity index (χ0v) is 15.0. The van der Waals surface area contributed by atoms with Crippen molar-refractivity contribution in [3.8, 4) is 0 Å². The van der Waals surface area contributed by atoms with Gasteiger partial charge in [-0.15, -0.1) is 0 Å². The number of halogens is 1. The fourth-order valence-corrected chi connectivity index (χ4v) is 4.19. The van der Waals surface area contributed by atoms with Crippen LogP contribution in [0.2, 0.25) is 5.02 Å². The van der Waals surface area contributed by atoms with Gasteiger partial charge in [-0.25, -0.2) is 4.68 Å². The maximum absolute atomic E-state index is 12.5. The molecule has 1 N–H and O–H groups in total. The lowest BCUT2D eigenvalue weighted by molar-refractivity contribution is 0.300. The monoisotopic (exact) mass is 358 g/mol. The molecule has 25 heavy (non-hydrogen) atoms. The molecule has 0 amide bonds. The van der Waals surface area contributed by atoms with Gasteiger partial charge in [-0.2, -0.15) is 5.10 Å². The third-order valence-electron chi connectivity index (χ3n) is 5.41. The Labute approximate surface area is 152 Å². The van der Waals surface area contributed by atoms with Gasteiger partial charge in [0.25, 0.3) is 5.56 Å². The first kappa shape index (κ1) is 16.6. The second-order valence-corrected chi connectivity index (χ2v) is 7.52. The first-order valence-electron chi connectivity index (χ1n) is 9.18. The number of anilines is 1. The molecular weight excluding hydrogens is 336 g/mol. The summed E-state index contributed by atoms with van der Waals surface area (Å²) in [6, 6.07) is 4.32. The first-order chi connectivity index (χ1) is 12.2. The van der Waals surface area contributed by atoms with E-state index in [-0.39, 0.29) is 11.6 Å². The molecule has 2 aliphatic carbocycles. The minimum atomic E-state index is 0.0641. The van der Waals surface area contributed by atoms with Crippen molar-refractivity contribution >= 4 is 17.3 Å². The SMILES string of the molecule is O=c1cc2c(nn1C1CCC(Nc3ccncc3Cl)CC1)CCCC2. The molecule has 4 rings (SSSR count). The summed E-state index contributed by atoms with van der Waals surface area (Å²) >= 11 is 6.18. The van der Waals surface area contributed by atoms with Crippen LogP contribution in [0.15, 0.2) is 29.3 Å². The van der Waals surface area contributed by atoms with E-state index in [2.05, 4.69) is 10.3 Å². The third kappa shape index (κ3) is 3.56. The highest BCUT2D eigenvalue weighted by atomic mass is 35.5. The van der Waals surface area contributed by atoms with E-state index >= 15 is 0 Å². The number of hydrogen-bond acceptors (Lipinski definition) is 4. The van der Waals surface area contributed by atoms with E-state index in [1.165, 1.54) is 12.8 Å². The minimum Gasteiger partial charge on any atom is -0.381 e. The summed E-state index contributed by atoms with van der Waals surface area (Å²) in [6.07, 6.45) is 11.7. The molecule has 2 aromatic heterocycles. The summed E-state index contributed by atoms with van der Waals surface area (Å²) in [5.41, 5.74) is 3.29. The van der Waals surface area contributed by atoms with Crippen molar-refractivity contribution in [1.29, 1.82) is 0 Å². The fraction of sp³-hybridized carbons (Fsp3) is 0.526. The van der Waals surface area contributed by atoms with Gasteiger partial charge in [0.05, 0.1) is 22.4 Å². The smallest absolute Gasteiger partial charge is 0.267 e. The van der Waals surface area contributed by atoms with Crippen LogP contribution in [0.3, 0.4) is 0 Å². The van der Waals surface area contributed by atoms with Crippen molar-refractivity contribution in [2.45, 2.75) is 63.5 Å². The molecule has 2 aromatic rings. The topological polar surface area (TPSA) is 59.8 Å². The molecule has 6 heteroatoms. The summed E-state index contributed by atoms with van der Waals surface area (Å²) in [7, 11) is 0. The van der Waals surface area contributed by atoms with Crippen LogP contribution in [0.4, 0.5) is 5.69 Å². The lowest BCUT2D eigenvalue weighted by Crippen LogP contribution is -2.34. The van der Waals surface area contributed by atoms with E-state index in [1.54, 1.807) is 17.1 Å². The average molecular weight is 359 g/mol. The summed E-state index contributed by atoms with van der Waals surface area (Å²) in [6.45, 7) is 0. The van der Waals surface area contributed by atoms with E-state index in [4.69, 9.17) is 16.7 Å². The van der Waals surface area contributed by atoms with Crippen molar-refractivity contribution in [3.05, 3.63) is 51.2 Å². The predicted octanol–water partition coefficient (Wildman–Crippen LogP) is 3.77. The molecule has 132 valence electrons. The Balaban J connectivity index is 1.44. The molecule has 0 radical (unpaired) electrons. The Hall–Kier alpha value is -1.88. The Morgan fingerprint density at radius 3 is 2.76 bits per heavy atom. The van der Waals surface area contributed by atoms with Crippen molar-refractivity contribution in [2.75, 3.05) is 5.32 Å². The van der Waals surface area contributed by atoms with Gasteiger partial charge in [-0.3, -0.25) is 9.78 Å². The zero-order valence-electron chi connectivity index (χ0n) is 14.2. The molecule has 0 atom stereocenters. The number of aryl methyl sites for hydroxylation is 2. The molecule has 2 aliphatic rings. The third-order valence-corrected chi connectivity index (χ3v) is 5.71. The standard InChI is InChI=1S/C19H23ClN4O/c20-16-12-21-10-9-18(16)22-14-5-7-15(8-6-14)24-19(25)11-13-3-1-2-4-17(13)23-24/h9-12,14-15H,1-8H2,(H,21,22). The lowest BCUT2D eigenvalue weighted by atomic mass is 9.90. The number of hydrogen-bond donors (Lipinski definition) is 1. The minimum absolute atomic E-state index is 0.0641. The van der Waals surface area contributed by atoms with Gasteiger partial charge in [0.1, 0.15) is 0 Å². The van der Waals surface area contributed by atoms with Gasteiger partial charge < -0.3 is 5.32 Å². The molecule has 0 bridgehead atoms. The van der Waals surface area contributed by atoms with Gasteiger partial charge in [0.2, 0.25) is 0 Å². The number of fused-ring (bicyclic) bond motifs is 1. The van der Waals surface area contributed by atoms with Gasteiger partial charge >= 0.3 is 0 Å². The second-order valence-electron chi connectivity index (χ2n) is 7.11. The Bertz CT molecular complexity index is 811. The van der Waals surface area contributed by atoms with Gasteiger partial charge in [0, 0.05) is 24.5 Å². The van der Waals surface area contributed by atoms with Gasteiger partial charge in [-0.05, 0) is 63.0 Å². The molecule has 0 spiro atoms. The normalized spacial score (nSPS) is 23.1. The fourth-order valence-electron chi connectivity index (χ4n) is 4.02. The lowest BCUT2D eigenvalue weighted by Gasteiger charge is -2.31. The highest BCUT2D eigenvalue weighted by Gasteiger charge is 2.25. The highest BCUT2D eigenvalue weighted by molar-refractivity contribution is 6.33. The van der Waals surface area contributed by atoms with Crippen LogP contribution in [0.5, 0.6) is 0 Å². The molecular formula is C19H23ClN4O. The predicted molar refractivity (Wildman–Crippen MR) is 99.3 cm³/mol. The van der Waals surface area contributed by atoms with E-state index in [0.717, 1.165) is 55.5 Å². The van der Waals surface area contributed by atoms with Crippen LogP contribution in [-0.2, 0) is 12.8 Å². The molecule has 1 fully saturated rings. The van der Waals surface area contributed by atoms with Crippen LogP contribution >= 0.6 is 11.6 Å². The van der Waals surface area contributed by atoms with Crippen molar-refractivity contribution in [3.63, 3.8) is 0 Å². The molecule has 1 saturated carbocycles. The summed E-state index contributed by atoms with van der Waals surface area (Å²) in [5, 5.41) is 8.87. The van der Waals surface area contributed by atoms with Crippen molar-refractivity contribution in [2.24, 2.45) is 0 Å². The van der Waals surface area contributed by atoms with Crippen LogP contribution < -0.4 is 10.9 Å². The van der Waals surface area contributed by atoms with Crippen molar-refractivity contribution in [1.82, 2.24) is 14.8 Å². The summed E-state index contributed by atoms with van der Waals surface area (Å²) in [4.78, 5) is 16.5. The average Bonchev–Trinajstić information content (AvgIpc) is 2.64. The number of aromatic nitrogens is 3. The van der Waals surface area contributed by atoms with Crippen LogP contribution in [-0.4, -0.2) is 20.8 Å². The van der Waals surface area contributed by atoms with Crippen LogP contribution in [0.25, 0.3) is 0 Å². The molecule has 0 unspecified atom stereocenters. The number of rotatable bonds is 3. The molecule has 0 saturated heterocycles. The molecule has 0 aliphatic heterocycles. The molecule has 2 heterocycles. The van der Waals surface area contributed by atoms with Crippen LogP contribution in [0.1, 0.15) is 55.8 Å². The summed E-state index contributed by atoms with van der Waals surface area (Å²) in [5.74, 6) is 0. The Morgan fingerprint density at radius 2 is 1.96 bits per heavy atom.